The molecule has 0 spiro atoms. The molecule has 52 heavy (non-hydrogen) atoms. The van der Waals surface area contributed by atoms with Gasteiger partial charge < -0.3 is 15.4 Å². The van der Waals surface area contributed by atoms with E-state index in [4.69, 9.17) is 4.74 Å². The lowest BCUT2D eigenvalue weighted by Crippen LogP contribution is -2.49. The molecule has 1 fully saturated rings. The normalized spacial score (nSPS) is 14.9. The number of anilines is 1. The first kappa shape index (κ1) is 38.4. The number of rotatable bonds is 12. The molecule has 3 N–H and O–H groups in total. The smallest absolute Gasteiger partial charge is 0.407 e. The molecule has 5 rings (SSSR count). The Morgan fingerprint density at radius 2 is 1.69 bits per heavy atom. The number of nitrogens with one attached hydrogen (secondary N) is 3. The number of hydrogen-bond acceptors (Lipinski definition) is 6. The average Bonchev–Trinajstić information content (AvgIpc) is 3.84. The summed E-state index contributed by atoms with van der Waals surface area (Å²) in [5.74, 6) is -0.678. The summed E-state index contributed by atoms with van der Waals surface area (Å²) in [6.45, 7) is 13.0. The molecule has 0 radical (unpaired) electrons. The zero-order valence-corrected chi connectivity index (χ0v) is 31.6. The molecule has 0 saturated heterocycles. The van der Waals surface area contributed by atoms with Gasteiger partial charge in [0.15, 0.2) is 0 Å². The topological polar surface area (TPSA) is 138 Å². The number of carbonyl (C=O) groups is 2. The number of nitriles is 1. The van der Waals surface area contributed by atoms with Crippen molar-refractivity contribution in [3.8, 4) is 11.8 Å². The number of aromatic nitrogens is 2. The minimum atomic E-state index is -1.53. The van der Waals surface area contributed by atoms with Gasteiger partial charge in [0, 0.05) is 6.54 Å². The van der Waals surface area contributed by atoms with E-state index in [0.717, 1.165) is 30.4 Å². The molecular formula is C40H47FN6O4S. The van der Waals surface area contributed by atoms with Crippen molar-refractivity contribution in [3.63, 3.8) is 0 Å². The lowest BCUT2D eigenvalue weighted by molar-refractivity contribution is 0.0523. The Morgan fingerprint density at radius 1 is 1.00 bits per heavy atom. The van der Waals surface area contributed by atoms with Crippen LogP contribution in [0.15, 0.2) is 72.8 Å². The third kappa shape index (κ3) is 9.52. The van der Waals surface area contributed by atoms with Crippen LogP contribution in [-0.4, -0.2) is 36.3 Å². The molecule has 1 saturated carbocycles. The highest BCUT2D eigenvalue weighted by molar-refractivity contribution is 7.84. The van der Waals surface area contributed by atoms with E-state index in [1.54, 1.807) is 76.2 Å². The summed E-state index contributed by atoms with van der Waals surface area (Å²) in [4.78, 5) is 26.2. The second-order valence-electron chi connectivity index (χ2n) is 15.3. The summed E-state index contributed by atoms with van der Waals surface area (Å²) < 4.78 is 39.1. The fraction of sp³-hybridized carbons (Fsp3) is 0.400. The quantitative estimate of drug-likeness (QED) is 0.136. The molecule has 1 unspecified atom stereocenters. The van der Waals surface area contributed by atoms with Crippen molar-refractivity contribution in [2.75, 3.05) is 5.32 Å². The van der Waals surface area contributed by atoms with Crippen molar-refractivity contribution in [3.05, 3.63) is 112 Å². The third-order valence-electron chi connectivity index (χ3n) is 8.72. The van der Waals surface area contributed by atoms with Crippen molar-refractivity contribution < 1.29 is 22.9 Å². The number of hydrogen-bond donors (Lipinski definition) is 3. The Kier molecular flexibility index (Phi) is 11.4. The van der Waals surface area contributed by atoms with Gasteiger partial charge >= 0.3 is 6.09 Å². The van der Waals surface area contributed by atoms with E-state index in [1.165, 1.54) is 10.7 Å². The molecule has 3 aromatic carbocycles. The summed E-state index contributed by atoms with van der Waals surface area (Å²) in [7, 11) is -1.53. The van der Waals surface area contributed by atoms with E-state index in [9.17, 15) is 19.1 Å². The third-order valence-corrected chi connectivity index (χ3v) is 10.4. The molecule has 0 aliphatic heterocycles. The lowest BCUT2D eigenvalue weighted by Gasteiger charge is -2.38. The van der Waals surface area contributed by atoms with E-state index >= 15 is 4.39 Å². The average molecular weight is 727 g/mol. The Hall–Kier alpha value is -4.86. The molecule has 2 amide bonds. The summed E-state index contributed by atoms with van der Waals surface area (Å²) in [6.07, 6.45) is 3.10. The number of benzene rings is 3. The van der Waals surface area contributed by atoms with E-state index in [-0.39, 0.29) is 17.9 Å². The second kappa shape index (κ2) is 15.4. The van der Waals surface area contributed by atoms with Gasteiger partial charge in [0.1, 0.15) is 17.1 Å². The first-order valence-electron chi connectivity index (χ1n) is 17.4. The monoisotopic (exact) mass is 726 g/mol. The highest BCUT2D eigenvalue weighted by Crippen LogP contribution is 2.43. The second-order valence-corrected chi connectivity index (χ2v) is 17.3. The fourth-order valence-electron chi connectivity index (χ4n) is 5.81. The largest absolute Gasteiger partial charge is 0.444 e. The Labute approximate surface area is 307 Å². The number of ether oxygens (including phenoxy) is 1. The zero-order valence-electron chi connectivity index (χ0n) is 30.8. The molecule has 4 aromatic rings. The van der Waals surface area contributed by atoms with Crippen molar-refractivity contribution >= 4 is 28.7 Å². The van der Waals surface area contributed by atoms with Crippen LogP contribution >= 0.6 is 0 Å². The first-order valence-corrected chi connectivity index (χ1v) is 18.6. The van der Waals surface area contributed by atoms with Crippen LogP contribution in [0, 0.1) is 30.0 Å². The summed E-state index contributed by atoms with van der Waals surface area (Å²) in [5, 5.41) is 19.6. The van der Waals surface area contributed by atoms with Crippen LogP contribution < -0.4 is 15.4 Å². The van der Waals surface area contributed by atoms with Gasteiger partial charge in [-0.15, -0.1) is 0 Å². The SMILES string of the molecule is Cc1cc(C(=O)Nc2cc(C(CCC3CC3)(N[S@](=O)C(C)(C)C)c3ccc(C#N)cc3)ccc2F)n(-c2cccc(CNC(=O)OC(C)(C)C)c2)n1. The van der Waals surface area contributed by atoms with Gasteiger partial charge in [0.2, 0.25) is 0 Å². The maximum absolute atomic E-state index is 15.6. The van der Waals surface area contributed by atoms with Crippen molar-refractivity contribution in [2.24, 2.45) is 5.92 Å². The van der Waals surface area contributed by atoms with E-state index in [2.05, 4.69) is 26.5 Å². The molecule has 1 aromatic heterocycles. The van der Waals surface area contributed by atoms with E-state index in [1.807, 2.05) is 39.0 Å². The van der Waals surface area contributed by atoms with Gasteiger partial charge in [-0.2, -0.15) is 10.4 Å². The number of nitrogens with zero attached hydrogens (tertiary/aromatic N) is 3. The molecule has 0 bridgehead atoms. The number of alkyl carbamates (subject to hydrolysis) is 1. The number of aryl methyl sites for hydroxylation is 1. The summed E-state index contributed by atoms with van der Waals surface area (Å²) in [6, 6.07) is 22.7. The van der Waals surface area contributed by atoms with Gasteiger partial charge in [-0.1, -0.05) is 43.2 Å². The molecule has 2 atom stereocenters. The predicted octanol–water partition coefficient (Wildman–Crippen LogP) is 7.95. The van der Waals surface area contributed by atoms with Crippen molar-refractivity contribution in [2.45, 2.75) is 96.6 Å². The highest BCUT2D eigenvalue weighted by atomic mass is 32.2. The van der Waals surface area contributed by atoms with Gasteiger partial charge in [-0.05, 0) is 126 Å². The lowest BCUT2D eigenvalue weighted by atomic mass is 9.79. The summed E-state index contributed by atoms with van der Waals surface area (Å²) in [5.41, 5.74) is 2.28. The molecule has 274 valence electrons. The number of carbonyl (C=O) groups excluding carboxylic acids is 2. The minimum Gasteiger partial charge on any atom is -0.444 e. The first-order chi connectivity index (χ1) is 24.5. The standard InChI is InChI=1S/C40H47FN6O4S/c1-26-21-35(47(45-26)32-10-8-9-29(22-32)25-43-37(49)51-38(2,3)4)36(48)44-34-23-31(17-18-33(34)41)40(20-19-27-11-12-27,46-52(50)39(5,6)7)30-15-13-28(24-42)14-16-30/h8-10,13-18,21-23,27,46H,11-12,19-20,25H2,1-7H3,(H,43,49)(H,44,48)/t40?,52-/m1/s1. The van der Waals surface area contributed by atoms with Crippen LogP contribution in [0.4, 0.5) is 14.9 Å². The number of amides is 2. The molecule has 10 nitrogen and oxygen atoms in total. The molecular weight excluding hydrogens is 680 g/mol. The maximum atomic E-state index is 15.6. The van der Waals surface area contributed by atoms with Crippen LogP contribution in [0.1, 0.15) is 106 Å². The van der Waals surface area contributed by atoms with Gasteiger partial charge in [-0.25, -0.2) is 22.8 Å². The Bertz CT molecular complexity index is 2000. The van der Waals surface area contributed by atoms with Crippen LogP contribution in [-0.2, 0) is 27.8 Å². The number of halogens is 1. The van der Waals surface area contributed by atoms with Crippen LogP contribution in [0.5, 0.6) is 0 Å². The van der Waals surface area contributed by atoms with E-state index in [0.29, 0.717) is 34.8 Å². The zero-order chi connectivity index (χ0) is 37.8. The molecule has 1 aliphatic rings. The summed E-state index contributed by atoms with van der Waals surface area (Å²) >= 11 is 0. The van der Waals surface area contributed by atoms with Crippen LogP contribution in [0.2, 0.25) is 0 Å². The minimum absolute atomic E-state index is 0.0454. The molecule has 12 heteroatoms. The van der Waals surface area contributed by atoms with Gasteiger partial charge in [0.05, 0.1) is 50.0 Å². The maximum Gasteiger partial charge on any atom is 0.407 e. The van der Waals surface area contributed by atoms with Crippen molar-refractivity contribution in [1.29, 1.82) is 5.26 Å². The van der Waals surface area contributed by atoms with Gasteiger partial charge in [-0.3, -0.25) is 4.79 Å². The van der Waals surface area contributed by atoms with Crippen LogP contribution in [0.3, 0.4) is 0 Å². The Balaban J connectivity index is 1.49. The fourth-order valence-corrected chi connectivity index (χ4v) is 6.77. The van der Waals surface area contributed by atoms with Crippen LogP contribution in [0.25, 0.3) is 5.69 Å². The van der Waals surface area contributed by atoms with E-state index < -0.39 is 44.7 Å². The van der Waals surface area contributed by atoms with Gasteiger partial charge in [0.25, 0.3) is 5.91 Å². The molecule has 1 aliphatic carbocycles. The Morgan fingerprint density at radius 3 is 2.33 bits per heavy atom. The highest BCUT2D eigenvalue weighted by Gasteiger charge is 2.40. The predicted molar refractivity (Wildman–Crippen MR) is 201 cm³/mol. The van der Waals surface area contributed by atoms with Crippen molar-refractivity contribution in [1.82, 2.24) is 19.8 Å². The molecule has 1 heterocycles.